The summed E-state index contributed by atoms with van der Waals surface area (Å²) in [5.74, 6) is 0. The van der Waals surface area contributed by atoms with E-state index in [1.165, 1.54) is 5.69 Å². The van der Waals surface area contributed by atoms with Crippen LogP contribution in [0, 0.1) is 5.41 Å². The van der Waals surface area contributed by atoms with Crippen LogP contribution in [0.3, 0.4) is 0 Å². The smallest absolute Gasteiger partial charge is 0.0948 e. The van der Waals surface area contributed by atoms with Gasteiger partial charge in [0.05, 0.1) is 17.6 Å². The van der Waals surface area contributed by atoms with Crippen molar-refractivity contribution in [2.45, 2.75) is 46.7 Å². The molecule has 0 aromatic carbocycles. The molecule has 0 aliphatic rings. The predicted octanol–water partition coefficient (Wildman–Crippen LogP) is 2.38. The lowest BCUT2D eigenvalue weighted by atomic mass is 9.95. The van der Waals surface area contributed by atoms with Crippen molar-refractivity contribution in [3.8, 4) is 0 Å². The van der Waals surface area contributed by atoms with Gasteiger partial charge in [-0.2, -0.15) is 0 Å². The summed E-state index contributed by atoms with van der Waals surface area (Å²) in [5, 5.41) is 3.31. The predicted molar refractivity (Wildman–Crippen MR) is 63.8 cm³/mol. The maximum absolute atomic E-state index is 4.24. The Hall–Kier alpha value is -0.830. The van der Waals surface area contributed by atoms with Crippen molar-refractivity contribution in [1.29, 1.82) is 0 Å². The lowest BCUT2D eigenvalue weighted by Crippen LogP contribution is -2.36. The molecule has 0 amide bonds. The van der Waals surface area contributed by atoms with Gasteiger partial charge in [-0.1, -0.05) is 20.8 Å². The van der Waals surface area contributed by atoms with E-state index in [0.29, 0.717) is 0 Å². The maximum Gasteiger partial charge on any atom is 0.0948 e. The molecule has 0 fully saturated rings. The van der Waals surface area contributed by atoms with Crippen LogP contribution in [0.2, 0.25) is 0 Å². The van der Waals surface area contributed by atoms with Gasteiger partial charge in [-0.15, -0.1) is 0 Å². The van der Waals surface area contributed by atoms with E-state index in [2.05, 4.69) is 49.5 Å². The highest BCUT2D eigenvalue weighted by Gasteiger charge is 2.23. The van der Waals surface area contributed by atoms with Gasteiger partial charge in [0.25, 0.3) is 0 Å². The molecule has 0 atom stereocenters. The van der Waals surface area contributed by atoms with Crippen molar-refractivity contribution in [1.82, 2.24) is 14.9 Å². The molecule has 0 bridgehead atoms. The summed E-state index contributed by atoms with van der Waals surface area (Å²) in [7, 11) is 1.98. The zero-order chi connectivity index (χ0) is 11.7. The van der Waals surface area contributed by atoms with E-state index in [4.69, 9.17) is 0 Å². The Bertz CT molecular complexity index is 318. The van der Waals surface area contributed by atoms with Crippen molar-refractivity contribution in [3.63, 3.8) is 0 Å². The average molecular weight is 209 g/mol. The summed E-state index contributed by atoms with van der Waals surface area (Å²) in [4.78, 5) is 4.24. The molecule has 0 unspecified atom stereocenters. The molecule has 0 aliphatic heterocycles. The molecule has 1 heterocycles. The molecule has 3 nitrogen and oxygen atoms in total. The molecule has 1 aromatic heterocycles. The number of hydrogen-bond donors (Lipinski definition) is 1. The maximum atomic E-state index is 4.24. The molecule has 1 aromatic rings. The number of nitrogens with one attached hydrogen (secondary N) is 1. The van der Waals surface area contributed by atoms with Gasteiger partial charge in [-0.3, -0.25) is 0 Å². The molecule has 15 heavy (non-hydrogen) atoms. The highest BCUT2D eigenvalue weighted by molar-refractivity contribution is 5.11. The fourth-order valence-corrected chi connectivity index (χ4v) is 1.61. The lowest BCUT2D eigenvalue weighted by Gasteiger charge is -2.28. The standard InChI is InChI=1S/C12H23N3/c1-11(2,3)8-15-9-14-7-10(15)12(4,5)13-6/h7,9,13H,8H2,1-6H3. The first kappa shape index (κ1) is 12.2. The Morgan fingerprint density at radius 1 is 1.27 bits per heavy atom. The van der Waals surface area contributed by atoms with Crippen molar-refractivity contribution < 1.29 is 0 Å². The largest absolute Gasteiger partial charge is 0.332 e. The minimum absolute atomic E-state index is 0.0260. The van der Waals surface area contributed by atoms with Crippen molar-refractivity contribution >= 4 is 0 Å². The summed E-state index contributed by atoms with van der Waals surface area (Å²) in [6, 6.07) is 0. The third-order valence-electron chi connectivity index (χ3n) is 2.62. The van der Waals surface area contributed by atoms with Gasteiger partial charge in [-0.05, 0) is 26.3 Å². The van der Waals surface area contributed by atoms with Gasteiger partial charge in [-0.25, -0.2) is 4.98 Å². The van der Waals surface area contributed by atoms with Crippen LogP contribution in [0.4, 0.5) is 0 Å². The molecule has 0 saturated heterocycles. The van der Waals surface area contributed by atoms with E-state index in [-0.39, 0.29) is 11.0 Å². The van der Waals surface area contributed by atoms with Gasteiger partial charge in [0.2, 0.25) is 0 Å². The number of nitrogens with zero attached hydrogens (tertiary/aromatic N) is 2. The second kappa shape index (κ2) is 3.97. The second-order valence-electron chi connectivity index (χ2n) is 5.84. The van der Waals surface area contributed by atoms with E-state index in [1.54, 1.807) is 0 Å². The first-order valence-corrected chi connectivity index (χ1v) is 5.46. The normalized spacial score (nSPS) is 13.2. The van der Waals surface area contributed by atoms with Crippen LogP contribution >= 0.6 is 0 Å². The molecule has 0 spiro atoms. The Labute approximate surface area is 92.9 Å². The first-order chi connectivity index (χ1) is 6.76. The summed E-state index contributed by atoms with van der Waals surface area (Å²) >= 11 is 0. The molecule has 86 valence electrons. The number of imidazole rings is 1. The Morgan fingerprint density at radius 2 is 1.87 bits per heavy atom. The van der Waals surface area contributed by atoms with Crippen LogP contribution in [0.1, 0.15) is 40.3 Å². The minimum atomic E-state index is -0.0260. The van der Waals surface area contributed by atoms with Gasteiger partial charge in [0.1, 0.15) is 0 Å². The summed E-state index contributed by atoms with van der Waals surface area (Å²) in [6.45, 7) is 12.1. The summed E-state index contributed by atoms with van der Waals surface area (Å²) < 4.78 is 2.23. The highest BCUT2D eigenvalue weighted by atomic mass is 15.1. The summed E-state index contributed by atoms with van der Waals surface area (Å²) in [5.41, 5.74) is 1.49. The van der Waals surface area contributed by atoms with E-state index in [1.807, 2.05) is 19.6 Å². The van der Waals surface area contributed by atoms with Crippen molar-refractivity contribution in [2.75, 3.05) is 7.05 Å². The van der Waals surface area contributed by atoms with Gasteiger partial charge in [0, 0.05) is 12.7 Å². The van der Waals surface area contributed by atoms with Crippen LogP contribution < -0.4 is 5.32 Å². The molecular formula is C12H23N3. The molecule has 3 heteroatoms. The van der Waals surface area contributed by atoms with E-state index in [0.717, 1.165) is 6.54 Å². The molecule has 0 aliphatic carbocycles. The third kappa shape index (κ3) is 3.06. The molecule has 1 rings (SSSR count). The zero-order valence-electron chi connectivity index (χ0n) is 10.8. The fourth-order valence-electron chi connectivity index (χ4n) is 1.61. The Morgan fingerprint density at radius 3 is 2.33 bits per heavy atom. The number of aromatic nitrogens is 2. The van der Waals surface area contributed by atoms with Gasteiger partial charge >= 0.3 is 0 Å². The number of rotatable bonds is 3. The van der Waals surface area contributed by atoms with E-state index in [9.17, 15) is 0 Å². The molecule has 0 radical (unpaired) electrons. The zero-order valence-corrected chi connectivity index (χ0v) is 10.8. The minimum Gasteiger partial charge on any atom is -0.332 e. The number of hydrogen-bond acceptors (Lipinski definition) is 2. The highest BCUT2D eigenvalue weighted by Crippen LogP contribution is 2.23. The second-order valence-corrected chi connectivity index (χ2v) is 5.84. The van der Waals surface area contributed by atoms with Gasteiger partial charge in [0.15, 0.2) is 0 Å². The third-order valence-corrected chi connectivity index (χ3v) is 2.62. The quantitative estimate of drug-likeness (QED) is 0.828. The Balaban J connectivity index is 2.97. The van der Waals surface area contributed by atoms with Crippen LogP contribution in [0.25, 0.3) is 0 Å². The van der Waals surface area contributed by atoms with Crippen molar-refractivity contribution in [2.24, 2.45) is 5.41 Å². The van der Waals surface area contributed by atoms with Crippen molar-refractivity contribution in [3.05, 3.63) is 18.2 Å². The van der Waals surface area contributed by atoms with Crippen LogP contribution in [-0.2, 0) is 12.1 Å². The molecule has 0 saturated carbocycles. The lowest BCUT2D eigenvalue weighted by molar-refractivity contribution is 0.317. The average Bonchev–Trinajstić information content (AvgIpc) is 2.50. The SMILES string of the molecule is CNC(C)(C)c1cncn1CC(C)(C)C. The topological polar surface area (TPSA) is 29.9 Å². The molecular weight excluding hydrogens is 186 g/mol. The van der Waals surface area contributed by atoms with Gasteiger partial charge < -0.3 is 9.88 Å². The molecule has 1 N–H and O–H groups in total. The monoisotopic (exact) mass is 209 g/mol. The fraction of sp³-hybridized carbons (Fsp3) is 0.750. The van der Waals surface area contributed by atoms with Crippen LogP contribution in [0.15, 0.2) is 12.5 Å². The Kier molecular flexibility index (Phi) is 3.24. The first-order valence-electron chi connectivity index (χ1n) is 5.46. The summed E-state index contributed by atoms with van der Waals surface area (Å²) in [6.07, 6.45) is 3.86. The van der Waals surface area contributed by atoms with Crippen LogP contribution in [-0.4, -0.2) is 16.6 Å². The van der Waals surface area contributed by atoms with E-state index < -0.39 is 0 Å². The van der Waals surface area contributed by atoms with Crippen LogP contribution in [0.5, 0.6) is 0 Å². The van der Waals surface area contributed by atoms with E-state index >= 15 is 0 Å².